The van der Waals surface area contributed by atoms with Gasteiger partial charge in [-0.05, 0) is 17.4 Å². The van der Waals surface area contributed by atoms with Crippen molar-refractivity contribution in [3.05, 3.63) is 54.6 Å². The van der Waals surface area contributed by atoms with Crippen LogP contribution in [0.2, 0.25) is 0 Å². The first-order chi connectivity index (χ1) is 13.8. The van der Waals surface area contributed by atoms with E-state index in [0.29, 0.717) is 23.9 Å². The Bertz CT molecular complexity index is 1130. The van der Waals surface area contributed by atoms with E-state index < -0.39 is 17.0 Å². The fourth-order valence-corrected chi connectivity index (χ4v) is 4.19. The molecular weight excluding hydrogens is 412 g/mol. The second-order valence-corrected chi connectivity index (χ2v) is 8.92. The van der Waals surface area contributed by atoms with Crippen molar-refractivity contribution in [3.63, 3.8) is 0 Å². The molecule has 0 amide bonds. The molecule has 3 rings (SSSR count). The molecule has 3 aromatic heterocycles. The van der Waals surface area contributed by atoms with E-state index in [1.54, 1.807) is 11.3 Å². The van der Waals surface area contributed by atoms with E-state index in [0.717, 1.165) is 21.2 Å². The number of aromatic nitrogens is 5. The van der Waals surface area contributed by atoms with Gasteiger partial charge in [-0.1, -0.05) is 31.7 Å². The summed E-state index contributed by atoms with van der Waals surface area (Å²) in [5.74, 6) is 0.208. The third-order valence-corrected chi connectivity index (χ3v) is 5.90. The number of hydrogen-bond donors (Lipinski definition) is 2. The molecule has 0 fully saturated rings. The predicted molar refractivity (Wildman–Crippen MR) is 114 cm³/mol. The highest BCUT2D eigenvalue weighted by Crippen LogP contribution is 2.18. The Kier molecular flexibility index (Phi) is 6.38. The smallest absolute Gasteiger partial charge is 0.332 e. The first-order valence-corrected chi connectivity index (χ1v) is 10.8. The molecule has 0 unspecified atom stereocenters. The molecule has 0 bridgehead atoms. The minimum absolute atomic E-state index is 0.0599. The number of nitrogens with one attached hydrogen (secondary N) is 1. The lowest BCUT2D eigenvalue weighted by Crippen LogP contribution is -2.43. The van der Waals surface area contributed by atoms with E-state index in [4.69, 9.17) is 5.73 Å². The summed E-state index contributed by atoms with van der Waals surface area (Å²) < 4.78 is 2.19. The van der Waals surface area contributed by atoms with Gasteiger partial charge in [0.1, 0.15) is 17.2 Å². The molecule has 11 heteroatoms. The lowest BCUT2D eigenvalue weighted by Gasteiger charge is -2.15. The van der Waals surface area contributed by atoms with Gasteiger partial charge in [0.2, 0.25) is 5.16 Å². The van der Waals surface area contributed by atoms with E-state index in [2.05, 4.69) is 15.2 Å². The van der Waals surface area contributed by atoms with Gasteiger partial charge in [-0.3, -0.25) is 23.8 Å². The molecule has 0 atom stereocenters. The van der Waals surface area contributed by atoms with E-state index >= 15 is 0 Å². The number of ketones is 1. The van der Waals surface area contributed by atoms with Gasteiger partial charge in [0.15, 0.2) is 5.78 Å². The number of rotatable bonds is 8. The van der Waals surface area contributed by atoms with E-state index in [1.165, 1.54) is 11.6 Å². The molecule has 0 spiro atoms. The molecule has 0 saturated carbocycles. The molecule has 0 aliphatic heterocycles. The van der Waals surface area contributed by atoms with E-state index in [1.807, 2.05) is 31.4 Å². The van der Waals surface area contributed by atoms with E-state index in [-0.39, 0.29) is 23.1 Å². The van der Waals surface area contributed by atoms with Gasteiger partial charge >= 0.3 is 5.69 Å². The lowest BCUT2D eigenvalue weighted by molar-refractivity contribution is 0.102. The van der Waals surface area contributed by atoms with Crippen molar-refractivity contribution >= 4 is 34.7 Å². The molecule has 3 heterocycles. The van der Waals surface area contributed by atoms with Gasteiger partial charge in [-0.15, -0.1) is 16.4 Å². The van der Waals surface area contributed by atoms with Crippen LogP contribution in [0, 0.1) is 5.92 Å². The summed E-state index contributed by atoms with van der Waals surface area (Å²) in [5, 5.41) is 9.36. The predicted octanol–water partition coefficient (Wildman–Crippen LogP) is 1.53. The van der Waals surface area contributed by atoms with Crippen LogP contribution in [0.15, 0.2) is 32.3 Å². The second-order valence-electron chi connectivity index (χ2n) is 6.94. The van der Waals surface area contributed by atoms with Gasteiger partial charge < -0.3 is 5.73 Å². The second kappa shape index (κ2) is 8.78. The summed E-state index contributed by atoms with van der Waals surface area (Å²) >= 11 is 2.74. The van der Waals surface area contributed by atoms with Gasteiger partial charge in [0, 0.05) is 24.9 Å². The number of carbonyl (C=O) groups excluding carboxylic acids is 1. The van der Waals surface area contributed by atoms with Crippen molar-refractivity contribution in [2.45, 2.75) is 32.0 Å². The van der Waals surface area contributed by atoms with Crippen LogP contribution in [-0.2, 0) is 20.0 Å². The number of aromatic amines is 1. The van der Waals surface area contributed by atoms with Crippen LogP contribution in [-0.4, -0.2) is 35.9 Å². The molecule has 0 radical (unpaired) electrons. The number of nitrogen functional groups attached to an aromatic ring is 1. The van der Waals surface area contributed by atoms with Crippen molar-refractivity contribution in [1.82, 2.24) is 24.3 Å². The van der Waals surface area contributed by atoms with Crippen LogP contribution in [0.3, 0.4) is 0 Å². The minimum Gasteiger partial charge on any atom is -0.384 e. The quantitative estimate of drug-likeness (QED) is 0.406. The summed E-state index contributed by atoms with van der Waals surface area (Å²) in [6, 6.07) is 3.97. The summed E-state index contributed by atoms with van der Waals surface area (Å²) in [6.45, 7) is 4.16. The topological polar surface area (TPSA) is 129 Å². The van der Waals surface area contributed by atoms with Crippen LogP contribution in [0.1, 0.15) is 34.9 Å². The van der Waals surface area contributed by atoms with Gasteiger partial charge in [0.05, 0.1) is 5.75 Å². The number of nitrogens with two attached hydrogens (primary N) is 1. The van der Waals surface area contributed by atoms with Crippen LogP contribution < -0.4 is 17.0 Å². The summed E-state index contributed by atoms with van der Waals surface area (Å²) in [7, 11) is 1.34. The molecule has 154 valence electrons. The largest absolute Gasteiger partial charge is 0.384 e. The summed E-state index contributed by atoms with van der Waals surface area (Å²) in [6.07, 6.45) is 0.632. The zero-order chi connectivity index (χ0) is 21.1. The lowest BCUT2D eigenvalue weighted by atomic mass is 10.2. The SMILES string of the molecule is CC(C)Cn1c(N)c(C(=O)CSc2n[nH]c(Cc3cccs3)n2)c(=O)n(C)c1=O. The Morgan fingerprint density at radius 1 is 1.38 bits per heavy atom. The van der Waals surface area contributed by atoms with Crippen LogP contribution >= 0.6 is 23.1 Å². The first-order valence-electron chi connectivity index (χ1n) is 8.96. The maximum atomic E-state index is 12.7. The Balaban J connectivity index is 1.77. The standard InChI is InChI=1S/C18H22N6O3S2/c1-10(2)8-24-15(19)14(16(26)23(3)18(24)27)12(25)9-29-17-20-13(21-22-17)7-11-5-4-6-28-11/h4-6,10H,7-9,19H2,1-3H3,(H,20,21,22). The molecule has 0 aliphatic carbocycles. The Morgan fingerprint density at radius 3 is 2.79 bits per heavy atom. The maximum absolute atomic E-state index is 12.7. The molecule has 0 aliphatic rings. The van der Waals surface area contributed by atoms with Gasteiger partial charge in [-0.2, -0.15) is 0 Å². The average Bonchev–Trinajstić information content (AvgIpc) is 3.34. The van der Waals surface area contributed by atoms with Crippen LogP contribution in [0.25, 0.3) is 0 Å². The molecular formula is C18H22N6O3S2. The summed E-state index contributed by atoms with van der Waals surface area (Å²) in [5.41, 5.74) is 4.65. The highest BCUT2D eigenvalue weighted by molar-refractivity contribution is 7.99. The molecule has 0 saturated heterocycles. The fourth-order valence-electron chi connectivity index (χ4n) is 2.79. The van der Waals surface area contributed by atoms with Crippen LogP contribution in [0.5, 0.6) is 0 Å². The minimum atomic E-state index is -0.688. The van der Waals surface area contributed by atoms with E-state index in [9.17, 15) is 14.4 Å². The molecule has 3 N–H and O–H groups in total. The Morgan fingerprint density at radius 2 is 2.14 bits per heavy atom. The third-order valence-electron chi connectivity index (χ3n) is 4.18. The van der Waals surface area contributed by atoms with Crippen molar-refractivity contribution in [3.8, 4) is 0 Å². The number of carbonyl (C=O) groups is 1. The number of H-pyrrole nitrogens is 1. The number of hydrogen-bond acceptors (Lipinski definition) is 8. The zero-order valence-electron chi connectivity index (χ0n) is 16.3. The van der Waals surface area contributed by atoms with Crippen LogP contribution in [0.4, 0.5) is 5.82 Å². The third kappa shape index (κ3) is 4.67. The first kappa shape index (κ1) is 21.1. The molecule has 0 aromatic carbocycles. The highest BCUT2D eigenvalue weighted by atomic mass is 32.2. The fraction of sp³-hybridized carbons (Fsp3) is 0.389. The highest BCUT2D eigenvalue weighted by Gasteiger charge is 2.22. The van der Waals surface area contributed by atoms with Crippen molar-refractivity contribution in [1.29, 1.82) is 0 Å². The Labute approximate surface area is 175 Å². The normalized spacial score (nSPS) is 11.3. The van der Waals surface area contributed by atoms with Crippen molar-refractivity contribution in [2.24, 2.45) is 13.0 Å². The van der Waals surface area contributed by atoms with Gasteiger partial charge in [-0.25, -0.2) is 9.78 Å². The number of thiophene rings is 1. The zero-order valence-corrected chi connectivity index (χ0v) is 18.0. The number of Topliss-reactive ketones (excluding diaryl/α,β-unsaturated/α-hetero) is 1. The molecule has 29 heavy (non-hydrogen) atoms. The molecule has 9 nitrogen and oxygen atoms in total. The summed E-state index contributed by atoms with van der Waals surface area (Å²) in [4.78, 5) is 43.1. The van der Waals surface area contributed by atoms with Crippen molar-refractivity contribution < 1.29 is 4.79 Å². The number of thioether (sulfide) groups is 1. The average molecular weight is 435 g/mol. The number of nitrogens with zero attached hydrogens (tertiary/aromatic N) is 4. The maximum Gasteiger partial charge on any atom is 0.332 e. The Hall–Kier alpha value is -2.66. The molecule has 3 aromatic rings. The monoisotopic (exact) mass is 434 g/mol. The van der Waals surface area contributed by atoms with Gasteiger partial charge in [0.25, 0.3) is 5.56 Å². The van der Waals surface area contributed by atoms with Crippen molar-refractivity contribution in [2.75, 3.05) is 11.5 Å². The number of anilines is 1.